The van der Waals surface area contributed by atoms with E-state index < -0.39 is 0 Å². The van der Waals surface area contributed by atoms with Gasteiger partial charge in [-0.2, -0.15) is 5.26 Å². The molecule has 0 spiro atoms. The largest absolute Gasteiger partial charge is 0.288 e. The van der Waals surface area contributed by atoms with Crippen LogP contribution in [0, 0.1) is 17.2 Å². The summed E-state index contributed by atoms with van der Waals surface area (Å²) < 4.78 is 0. The van der Waals surface area contributed by atoms with Gasteiger partial charge < -0.3 is 0 Å². The Balaban J connectivity index is 2.39. The molecule has 0 saturated heterocycles. The minimum Gasteiger partial charge on any atom is -0.288 e. The average molecular weight is 152 g/mol. The van der Waals surface area contributed by atoms with Crippen molar-refractivity contribution >= 4 is 0 Å². The van der Waals surface area contributed by atoms with Gasteiger partial charge in [0.1, 0.15) is 0 Å². The molecular formula is C9H16N2. The summed E-state index contributed by atoms with van der Waals surface area (Å²) in [7, 11) is 2.04. The molecular weight excluding hydrogens is 136 g/mol. The minimum absolute atomic E-state index is 0.0607. The second kappa shape index (κ2) is 3.23. The summed E-state index contributed by atoms with van der Waals surface area (Å²) >= 11 is 0. The van der Waals surface area contributed by atoms with E-state index in [1.54, 1.807) is 0 Å². The highest BCUT2D eigenvalue weighted by atomic mass is 15.2. The Morgan fingerprint density at radius 3 is 2.36 bits per heavy atom. The van der Waals surface area contributed by atoms with E-state index in [2.05, 4.69) is 17.9 Å². The summed E-state index contributed by atoms with van der Waals surface area (Å²) in [6.07, 6.45) is 2.70. The molecule has 0 aromatic carbocycles. The maximum atomic E-state index is 8.66. The van der Waals surface area contributed by atoms with Crippen LogP contribution >= 0.6 is 0 Å². The summed E-state index contributed by atoms with van der Waals surface area (Å²) in [5, 5.41) is 8.66. The SMILES string of the molecule is CC(C#N)N(C)C(C)C1CC1. The maximum Gasteiger partial charge on any atom is 0.0949 e. The van der Waals surface area contributed by atoms with Gasteiger partial charge in [0.05, 0.1) is 12.1 Å². The van der Waals surface area contributed by atoms with Crippen LogP contribution in [0.3, 0.4) is 0 Å². The summed E-state index contributed by atoms with van der Waals surface area (Å²) in [6, 6.07) is 2.90. The fourth-order valence-corrected chi connectivity index (χ4v) is 1.35. The van der Waals surface area contributed by atoms with Gasteiger partial charge in [0.25, 0.3) is 0 Å². The van der Waals surface area contributed by atoms with E-state index in [0.29, 0.717) is 6.04 Å². The number of hydrogen-bond acceptors (Lipinski definition) is 2. The van der Waals surface area contributed by atoms with Crippen molar-refractivity contribution in [2.75, 3.05) is 7.05 Å². The van der Waals surface area contributed by atoms with Gasteiger partial charge in [-0.05, 0) is 39.7 Å². The molecule has 0 aromatic rings. The Morgan fingerprint density at radius 2 is 2.00 bits per heavy atom. The molecule has 1 aliphatic rings. The second-order valence-electron chi connectivity index (χ2n) is 3.55. The van der Waals surface area contributed by atoms with Gasteiger partial charge in [0.15, 0.2) is 0 Å². The van der Waals surface area contributed by atoms with Gasteiger partial charge >= 0.3 is 0 Å². The van der Waals surface area contributed by atoms with Crippen molar-refractivity contribution < 1.29 is 0 Å². The summed E-state index contributed by atoms with van der Waals surface area (Å²) in [6.45, 7) is 4.17. The molecule has 0 heterocycles. The van der Waals surface area contributed by atoms with Gasteiger partial charge in [0.2, 0.25) is 0 Å². The van der Waals surface area contributed by atoms with Gasteiger partial charge in [-0.1, -0.05) is 0 Å². The van der Waals surface area contributed by atoms with Crippen LogP contribution in [-0.4, -0.2) is 24.0 Å². The third-order valence-electron chi connectivity index (χ3n) is 2.74. The summed E-state index contributed by atoms with van der Waals surface area (Å²) in [4.78, 5) is 2.16. The predicted molar refractivity (Wildman–Crippen MR) is 45.0 cm³/mol. The number of hydrogen-bond donors (Lipinski definition) is 0. The second-order valence-corrected chi connectivity index (χ2v) is 3.55. The zero-order valence-corrected chi connectivity index (χ0v) is 7.54. The molecule has 2 atom stereocenters. The highest BCUT2D eigenvalue weighted by molar-refractivity contribution is 4.93. The zero-order valence-electron chi connectivity index (χ0n) is 7.54. The molecule has 2 nitrogen and oxygen atoms in total. The molecule has 0 aromatic heterocycles. The number of rotatable bonds is 3. The minimum atomic E-state index is 0.0607. The average Bonchev–Trinajstić information content (AvgIpc) is 2.82. The van der Waals surface area contributed by atoms with Crippen LogP contribution < -0.4 is 0 Å². The first-order chi connectivity index (χ1) is 5.16. The Bertz CT molecular complexity index is 167. The molecule has 2 heteroatoms. The quantitative estimate of drug-likeness (QED) is 0.614. The first kappa shape index (κ1) is 8.55. The van der Waals surface area contributed by atoms with Crippen molar-refractivity contribution in [3.8, 4) is 6.07 Å². The molecule has 62 valence electrons. The molecule has 11 heavy (non-hydrogen) atoms. The molecule has 1 rings (SSSR count). The summed E-state index contributed by atoms with van der Waals surface area (Å²) in [5.41, 5.74) is 0. The van der Waals surface area contributed by atoms with Crippen molar-refractivity contribution in [2.45, 2.75) is 38.8 Å². The van der Waals surface area contributed by atoms with Gasteiger partial charge in [-0.15, -0.1) is 0 Å². The lowest BCUT2D eigenvalue weighted by molar-refractivity contribution is 0.210. The molecule has 0 radical (unpaired) electrons. The van der Waals surface area contributed by atoms with E-state index in [0.717, 1.165) is 5.92 Å². The van der Waals surface area contributed by atoms with Crippen LogP contribution in [0.5, 0.6) is 0 Å². The Hall–Kier alpha value is -0.550. The van der Waals surface area contributed by atoms with Crippen LogP contribution in [0.15, 0.2) is 0 Å². The topological polar surface area (TPSA) is 27.0 Å². The standard InChI is InChI=1S/C9H16N2/c1-7(6-10)11(3)8(2)9-4-5-9/h7-9H,4-5H2,1-3H3. The third kappa shape index (κ3) is 1.94. The summed E-state index contributed by atoms with van der Waals surface area (Å²) in [5.74, 6) is 0.857. The van der Waals surface area contributed by atoms with E-state index in [1.165, 1.54) is 12.8 Å². The highest BCUT2D eigenvalue weighted by Gasteiger charge is 2.31. The van der Waals surface area contributed by atoms with E-state index in [9.17, 15) is 0 Å². The Labute approximate surface area is 68.8 Å². The number of nitrogens with zero attached hydrogens (tertiary/aromatic N) is 2. The van der Waals surface area contributed by atoms with Crippen LogP contribution in [0.2, 0.25) is 0 Å². The van der Waals surface area contributed by atoms with Gasteiger partial charge in [-0.3, -0.25) is 4.90 Å². The van der Waals surface area contributed by atoms with Crippen molar-refractivity contribution in [1.82, 2.24) is 4.90 Å². The van der Waals surface area contributed by atoms with Crippen LogP contribution in [0.1, 0.15) is 26.7 Å². The van der Waals surface area contributed by atoms with Crippen LogP contribution in [-0.2, 0) is 0 Å². The normalized spacial score (nSPS) is 22.8. The lowest BCUT2D eigenvalue weighted by Gasteiger charge is -2.26. The van der Waals surface area contributed by atoms with Crippen molar-refractivity contribution in [2.24, 2.45) is 5.92 Å². The lowest BCUT2D eigenvalue weighted by atomic mass is 10.1. The molecule has 0 aliphatic heterocycles. The Morgan fingerprint density at radius 1 is 1.45 bits per heavy atom. The predicted octanol–water partition coefficient (Wildman–Crippen LogP) is 1.63. The highest BCUT2D eigenvalue weighted by Crippen LogP contribution is 2.35. The van der Waals surface area contributed by atoms with Gasteiger partial charge in [0, 0.05) is 6.04 Å². The molecule has 0 N–H and O–H groups in total. The lowest BCUT2D eigenvalue weighted by Crippen LogP contribution is -2.37. The fraction of sp³-hybridized carbons (Fsp3) is 0.889. The monoisotopic (exact) mass is 152 g/mol. The fourth-order valence-electron chi connectivity index (χ4n) is 1.35. The van der Waals surface area contributed by atoms with E-state index in [4.69, 9.17) is 5.26 Å². The van der Waals surface area contributed by atoms with E-state index in [1.807, 2.05) is 14.0 Å². The van der Waals surface area contributed by atoms with Gasteiger partial charge in [-0.25, -0.2) is 0 Å². The molecule has 1 aliphatic carbocycles. The zero-order chi connectivity index (χ0) is 8.43. The first-order valence-electron chi connectivity index (χ1n) is 4.28. The molecule has 0 amide bonds. The molecule has 2 unspecified atom stereocenters. The van der Waals surface area contributed by atoms with E-state index in [-0.39, 0.29) is 6.04 Å². The first-order valence-corrected chi connectivity index (χ1v) is 4.28. The van der Waals surface area contributed by atoms with E-state index >= 15 is 0 Å². The van der Waals surface area contributed by atoms with Crippen molar-refractivity contribution in [1.29, 1.82) is 5.26 Å². The smallest absolute Gasteiger partial charge is 0.0949 e. The molecule has 1 fully saturated rings. The van der Waals surface area contributed by atoms with Crippen LogP contribution in [0.25, 0.3) is 0 Å². The van der Waals surface area contributed by atoms with Crippen molar-refractivity contribution in [3.63, 3.8) is 0 Å². The van der Waals surface area contributed by atoms with Crippen molar-refractivity contribution in [3.05, 3.63) is 0 Å². The Kier molecular flexibility index (Phi) is 2.51. The number of nitriles is 1. The molecule has 1 saturated carbocycles. The third-order valence-corrected chi connectivity index (χ3v) is 2.74. The molecule has 0 bridgehead atoms. The van der Waals surface area contributed by atoms with Crippen LogP contribution in [0.4, 0.5) is 0 Å². The maximum absolute atomic E-state index is 8.66.